The molecule has 0 atom stereocenters. The second-order valence-electron chi connectivity index (χ2n) is 7.68. The van der Waals surface area contributed by atoms with E-state index in [-0.39, 0.29) is 0 Å². The quantitative estimate of drug-likeness (QED) is 0.596. The van der Waals surface area contributed by atoms with Crippen LogP contribution in [-0.2, 0) is 6.54 Å². The number of aryl methyl sites for hydroxylation is 1. The molecule has 7 nitrogen and oxygen atoms in total. The first-order valence-corrected chi connectivity index (χ1v) is 12.3. The third kappa shape index (κ3) is 5.30. The third-order valence-corrected chi connectivity index (χ3v) is 12.3. The van der Waals surface area contributed by atoms with Gasteiger partial charge in [-0.2, -0.15) is 4.52 Å². The molecule has 0 heterocycles. The number of hydrogen-bond donors (Lipinski definition) is 0. The average molecular weight is 416 g/mol. The molecule has 0 aliphatic rings. The minimum absolute atomic E-state index is 0.655. The summed E-state index contributed by atoms with van der Waals surface area (Å²) in [4.78, 5) is 0. The maximum absolute atomic E-state index is 5.55. The predicted molar refractivity (Wildman–Crippen MR) is 122 cm³/mol. The summed E-state index contributed by atoms with van der Waals surface area (Å²) in [5.41, 5.74) is 2.48. The number of benzene rings is 1. The number of hydrogen-bond acceptors (Lipinski definition) is 1. The fourth-order valence-corrected chi connectivity index (χ4v) is 11.6. The van der Waals surface area contributed by atoms with Crippen LogP contribution in [-0.4, -0.2) is 93.8 Å². The van der Waals surface area contributed by atoms with Gasteiger partial charge >= 0.3 is 0 Å². The summed E-state index contributed by atoms with van der Waals surface area (Å²) in [5, 5.41) is 0. The minimum atomic E-state index is -2.26. The molecule has 0 fully saturated rings. The minimum Gasteiger partial charge on any atom is -0.252 e. The van der Waals surface area contributed by atoms with Crippen molar-refractivity contribution in [1.82, 2.24) is 23.4 Å². The number of nitrogens with zero attached hydrogens (tertiary/aromatic N) is 7. The van der Waals surface area contributed by atoms with E-state index in [1.54, 1.807) is 0 Å². The van der Waals surface area contributed by atoms with Crippen LogP contribution in [0.3, 0.4) is 0 Å². The van der Waals surface area contributed by atoms with Crippen LogP contribution < -0.4 is 0 Å². The lowest BCUT2D eigenvalue weighted by molar-refractivity contribution is 0.472. The Morgan fingerprint density at radius 3 is 1.41 bits per heavy atom. The van der Waals surface area contributed by atoms with E-state index in [0.29, 0.717) is 6.54 Å². The van der Waals surface area contributed by atoms with E-state index >= 15 is 0 Å². The normalized spacial score (nSPS) is 13.3. The molecular weight excluding hydrogens is 376 g/mol. The lowest BCUT2D eigenvalue weighted by atomic mass is 10.2. The van der Waals surface area contributed by atoms with Crippen molar-refractivity contribution in [2.24, 2.45) is 9.26 Å². The van der Waals surface area contributed by atoms with Gasteiger partial charge in [0.15, 0.2) is 7.51 Å². The number of rotatable bonds is 8. The largest absolute Gasteiger partial charge is 0.252 e. The van der Waals surface area contributed by atoms with Crippen molar-refractivity contribution < 1.29 is 0 Å². The maximum Gasteiger partial charge on any atom is 0.213 e. The molecule has 0 spiro atoms. The molecule has 9 heteroatoms. The van der Waals surface area contributed by atoms with Gasteiger partial charge in [0.1, 0.15) is 0 Å². The first-order chi connectivity index (χ1) is 12.4. The fraction of sp³-hybridized carbons (Fsp3) is 0.667. The third-order valence-electron chi connectivity index (χ3n) is 4.49. The average Bonchev–Trinajstić information content (AvgIpc) is 2.55. The Bertz CT molecular complexity index is 666. The standard InChI is InChI=1S/C18H39N7P2/c1-17-12-14-18(15-13-17)16-19-26(21(2)3,22(4)5)20-27(23(6)7,24(8)9)25(10)11/h12-15H,16H2,1-11H3. The van der Waals surface area contributed by atoms with Crippen LogP contribution >= 0.6 is 15.0 Å². The van der Waals surface area contributed by atoms with Crippen LogP contribution in [0.2, 0.25) is 0 Å². The van der Waals surface area contributed by atoms with Gasteiger partial charge in [-0.3, -0.25) is 14.0 Å². The topological polar surface area (TPSA) is 40.9 Å². The Morgan fingerprint density at radius 1 is 0.667 bits per heavy atom. The Morgan fingerprint density at radius 2 is 1.07 bits per heavy atom. The molecule has 27 heavy (non-hydrogen) atoms. The molecule has 0 aliphatic carbocycles. The van der Waals surface area contributed by atoms with Gasteiger partial charge in [0.05, 0.1) is 6.54 Å². The monoisotopic (exact) mass is 415 g/mol. The van der Waals surface area contributed by atoms with Crippen molar-refractivity contribution in [3.05, 3.63) is 35.4 Å². The molecule has 0 radical (unpaired) electrons. The predicted octanol–water partition coefficient (Wildman–Crippen LogP) is 4.20. The lowest BCUT2D eigenvalue weighted by Crippen LogP contribution is -2.32. The molecule has 0 aromatic heterocycles. The molecule has 0 bridgehead atoms. The molecule has 0 saturated heterocycles. The van der Waals surface area contributed by atoms with E-state index in [0.717, 1.165) is 0 Å². The van der Waals surface area contributed by atoms with E-state index in [1.807, 2.05) is 0 Å². The Hall–Kier alpha value is -0.520. The zero-order chi connectivity index (χ0) is 21.0. The summed E-state index contributed by atoms with van der Waals surface area (Å²) in [6.07, 6.45) is 0. The van der Waals surface area contributed by atoms with Crippen LogP contribution in [0.1, 0.15) is 11.1 Å². The first kappa shape index (κ1) is 24.5. The molecule has 0 aliphatic heterocycles. The molecule has 1 aromatic carbocycles. The summed E-state index contributed by atoms with van der Waals surface area (Å²) in [6, 6.07) is 8.60. The van der Waals surface area contributed by atoms with E-state index in [4.69, 9.17) is 9.26 Å². The summed E-state index contributed by atoms with van der Waals surface area (Å²) in [7, 11) is 16.7. The van der Waals surface area contributed by atoms with Crippen LogP contribution in [0, 0.1) is 6.92 Å². The van der Waals surface area contributed by atoms with Crippen LogP contribution in [0.15, 0.2) is 33.5 Å². The van der Waals surface area contributed by atoms with E-state index < -0.39 is 15.0 Å². The van der Waals surface area contributed by atoms with Crippen molar-refractivity contribution in [3.8, 4) is 0 Å². The van der Waals surface area contributed by atoms with Gasteiger partial charge in [0.25, 0.3) is 0 Å². The van der Waals surface area contributed by atoms with Crippen molar-refractivity contribution in [2.45, 2.75) is 13.5 Å². The van der Waals surface area contributed by atoms with Gasteiger partial charge < -0.3 is 0 Å². The van der Waals surface area contributed by atoms with Crippen molar-refractivity contribution in [2.75, 3.05) is 70.5 Å². The highest BCUT2D eigenvalue weighted by Crippen LogP contribution is 2.68. The Balaban J connectivity index is 3.72. The van der Waals surface area contributed by atoms with E-state index in [2.05, 4.69) is 125 Å². The van der Waals surface area contributed by atoms with Gasteiger partial charge in [-0.05, 0) is 83.0 Å². The molecule has 0 amide bonds. The first-order valence-electron chi connectivity index (χ1n) is 9.06. The second-order valence-corrected chi connectivity index (χ2v) is 14.8. The molecule has 1 aromatic rings. The van der Waals surface area contributed by atoms with E-state index in [1.165, 1.54) is 11.1 Å². The second kappa shape index (κ2) is 9.80. The Kier molecular flexibility index (Phi) is 8.90. The van der Waals surface area contributed by atoms with Crippen molar-refractivity contribution in [3.63, 3.8) is 0 Å². The summed E-state index contributed by atoms with van der Waals surface area (Å²) >= 11 is 0. The van der Waals surface area contributed by atoms with Crippen molar-refractivity contribution in [1.29, 1.82) is 0 Å². The highest BCUT2D eigenvalue weighted by Gasteiger charge is 2.35. The zero-order valence-electron chi connectivity index (χ0n) is 19.0. The molecule has 156 valence electrons. The lowest BCUT2D eigenvalue weighted by Gasteiger charge is -2.44. The van der Waals surface area contributed by atoms with Gasteiger partial charge in [-0.15, -0.1) is 0 Å². The van der Waals surface area contributed by atoms with Crippen LogP contribution in [0.5, 0.6) is 0 Å². The summed E-state index contributed by atoms with van der Waals surface area (Å²) < 4.78 is 21.9. The molecular formula is C18H39N7P2. The van der Waals surface area contributed by atoms with Gasteiger partial charge in [-0.25, -0.2) is 14.1 Å². The smallest absolute Gasteiger partial charge is 0.213 e. The summed E-state index contributed by atoms with van der Waals surface area (Å²) in [6.45, 7) is 2.76. The molecule has 0 saturated carbocycles. The van der Waals surface area contributed by atoms with Crippen molar-refractivity contribution >= 4 is 15.0 Å². The molecule has 1 rings (SSSR count). The van der Waals surface area contributed by atoms with Crippen LogP contribution in [0.25, 0.3) is 0 Å². The van der Waals surface area contributed by atoms with E-state index in [9.17, 15) is 0 Å². The van der Waals surface area contributed by atoms with Crippen LogP contribution in [0.4, 0.5) is 0 Å². The van der Waals surface area contributed by atoms with Gasteiger partial charge in [0.2, 0.25) is 7.51 Å². The maximum atomic E-state index is 5.55. The molecule has 0 N–H and O–H groups in total. The SMILES string of the molecule is Cc1ccc(CN=P(N=P(N(C)C)(N(C)C)N(C)C)(N(C)C)N(C)C)cc1. The zero-order valence-corrected chi connectivity index (χ0v) is 20.8. The highest BCUT2D eigenvalue weighted by molar-refractivity contribution is 7.71. The van der Waals surface area contributed by atoms with Gasteiger partial charge in [-0.1, -0.05) is 29.8 Å². The fourth-order valence-electron chi connectivity index (χ4n) is 3.14. The molecule has 0 unspecified atom stereocenters. The Labute approximate surface area is 167 Å². The van der Waals surface area contributed by atoms with Gasteiger partial charge in [0, 0.05) is 0 Å². The highest BCUT2D eigenvalue weighted by atomic mass is 31.2. The summed E-state index contributed by atoms with van der Waals surface area (Å²) in [5.74, 6) is 0.